The van der Waals surface area contributed by atoms with Crippen molar-refractivity contribution in [3.63, 3.8) is 0 Å². The summed E-state index contributed by atoms with van der Waals surface area (Å²) in [6, 6.07) is 0. The summed E-state index contributed by atoms with van der Waals surface area (Å²) in [6.07, 6.45) is 3.52. The van der Waals surface area contributed by atoms with E-state index >= 15 is 0 Å². The molecule has 2 heterocycles. The molecule has 4 nitrogen and oxygen atoms in total. The Bertz CT molecular complexity index is 319. The average Bonchev–Trinajstić information content (AvgIpc) is 2.38. The van der Waals surface area contributed by atoms with E-state index in [1.807, 2.05) is 20.5 Å². The van der Waals surface area contributed by atoms with Crippen LogP contribution in [0.1, 0.15) is 34.6 Å². The molecule has 0 aliphatic carbocycles. The van der Waals surface area contributed by atoms with E-state index in [9.17, 15) is 4.79 Å². The van der Waals surface area contributed by atoms with E-state index in [2.05, 4.69) is 27.2 Å². The Labute approximate surface area is 231 Å². The molecule has 2 saturated heterocycles. The van der Waals surface area contributed by atoms with Crippen LogP contribution in [0.3, 0.4) is 0 Å². The van der Waals surface area contributed by atoms with Gasteiger partial charge in [0.15, 0.2) is 0 Å². The van der Waals surface area contributed by atoms with Crippen LogP contribution in [0.15, 0.2) is 0 Å². The van der Waals surface area contributed by atoms with Crippen molar-refractivity contribution in [1.29, 1.82) is 0 Å². The number of rotatable bonds is 1. The Morgan fingerprint density at radius 1 is 0.760 bits per heavy atom. The van der Waals surface area contributed by atoms with Gasteiger partial charge in [-0.2, -0.15) is 23.7 Å². The maximum absolute atomic E-state index is 10.4. The number of carboxylic acids is 1. The number of hydrogen-bond donors (Lipinski definition) is 1. The van der Waals surface area contributed by atoms with Gasteiger partial charge in [-0.3, -0.25) is 11.2 Å². The van der Waals surface area contributed by atoms with Gasteiger partial charge in [0.05, 0.1) is 0 Å². The minimum atomic E-state index is -0.917. The Kier molecular flexibility index (Phi) is 30.6. The third-order valence-electron chi connectivity index (χ3n) is 3.90. The van der Waals surface area contributed by atoms with Crippen LogP contribution in [0, 0.1) is 64.6 Å². The van der Waals surface area contributed by atoms with E-state index in [0.717, 1.165) is 0 Å². The maximum Gasteiger partial charge on any atom is 0.297 e. The summed E-state index contributed by atoms with van der Waals surface area (Å²) >= 11 is 0. The molecule has 1 N–H and O–H groups in total. The van der Waals surface area contributed by atoms with Crippen molar-refractivity contribution >= 4 is 5.97 Å². The normalized spacial score (nSPS) is 33.2. The number of hydrogen-bond acceptors (Lipinski definition) is 3. The molecule has 0 bridgehead atoms. The molecule has 7 heteroatoms. The zero-order chi connectivity index (χ0) is 15.3. The minimum Gasteiger partial charge on any atom is -0.574 e. The number of ether oxygens (including phenoxy) is 2. The monoisotopic (exact) mass is 579 g/mol. The van der Waals surface area contributed by atoms with E-state index in [1.165, 1.54) is 0 Å². The van der Waals surface area contributed by atoms with Crippen LogP contribution in [-0.4, -0.2) is 23.3 Å². The number of carbonyl (C=O) groups is 1. The van der Waals surface area contributed by atoms with Crippen molar-refractivity contribution in [3.05, 3.63) is 40.9 Å². The van der Waals surface area contributed by atoms with Crippen LogP contribution >= 0.6 is 0 Å². The fraction of sp³-hybridized carbons (Fsp3) is 0.611. The first-order valence-electron chi connectivity index (χ1n) is 7.21. The SMILES string of the molecule is CC1[CH-]C(C)C(C)[CH-]O1.CC1[CH-]OC(C(=O)O)[CH-]C1C.[CH3-].[CH3-].[Y].[Y].[Y]. The van der Waals surface area contributed by atoms with E-state index in [-0.39, 0.29) is 119 Å². The summed E-state index contributed by atoms with van der Waals surface area (Å²) in [5.41, 5.74) is 0. The number of aliphatic carboxylic acids is 1. The van der Waals surface area contributed by atoms with E-state index in [0.29, 0.717) is 23.9 Å². The third kappa shape index (κ3) is 15.2. The molecular formula is C18H32O4Y3-6. The molecule has 0 saturated carbocycles. The largest absolute Gasteiger partial charge is 0.574 e. The smallest absolute Gasteiger partial charge is 0.297 e. The molecule has 0 aromatic carbocycles. The van der Waals surface area contributed by atoms with E-state index in [1.54, 1.807) is 13.0 Å². The average molecular weight is 579 g/mol. The van der Waals surface area contributed by atoms with Gasteiger partial charge in [-0.05, 0) is 6.10 Å². The van der Waals surface area contributed by atoms with Gasteiger partial charge >= 0.3 is 0 Å². The van der Waals surface area contributed by atoms with E-state index in [4.69, 9.17) is 14.6 Å². The first-order chi connectivity index (χ1) is 9.31. The van der Waals surface area contributed by atoms with Gasteiger partial charge in [0.2, 0.25) is 0 Å². The Morgan fingerprint density at radius 3 is 1.48 bits per heavy atom. The van der Waals surface area contributed by atoms with Crippen molar-refractivity contribution in [3.8, 4) is 0 Å². The van der Waals surface area contributed by atoms with Crippen LogP contribution in [0.25, 0.3) is 0 Å². The van der Waals surface area contributed by atoms with Crippen molar-refractivity contribution in [2.45, 2.75) is 46.8 Å². The first-order valence-corrected chi connectivity index (χ1v) is 7.21. The van der Waals surface area contributed by atoms with Gasteiger partial charge in [-0.15, -0.1) is 6.10 Å². The molecule has 2 rings (SSSR count). The summed E-state index contributed by atoms with van der Waals surface area (Å²) in [5.74, 6) is 0.936. The van der Waals surface area contributed by atoms with Crippen molar-refractivity contribution in [2.24, 2.45) is 23.7 Å². The van der Waals surface area contributed by atoms with Crippen molar-refractivity contribution in [2.75, 3.05) is 0 Å². The van der Waals surface area contributed by atoms with Crippen molar-refractivity contribution < 1.29 is 118 Å². The first kappa shape index (κ1) is 38.3. The Hall–Kier alpha value is 2.70. The van der Waals surface area contributed by atoms with Gasteiger partial charge in [0.25, 0.3) is 5.97 Å². The predicted octanol–water partition coefficient (Wildman–Crippen LogP) is 4.04. The molecule has 25 heavy (non-hydrogen) atoms. The second-order valence-electron chi connectivity index (χ2n) is 5.83. The van der Waals surface area contributed by atoms with Gasteiger partial charge in [0, 0.05) is 98.1 Å². The molecule has 2 aliphatic rings. The second-order valence-corrected chi connectivity index (χ2v) is 5.83. The molecule has 0 spiro atoms. The molecule has 3 radical (unpaired) electrons. The molecule has 0 aromatic rings. The van der Waals surface area contributed by atoms with Gasteiger partial charge in [-0.1, -0.05) is 34.6 Å². The molecular weight excluding hydrogens is 547 g/mol. The molecule has 143 valence electrons. The van der Waals surface area contributed by atoms with Crippen LogP contribution in [0.4, 0.5) is 0 Å². The topological polar surface area (TPSA) is 55.8 Å². The van der Waals surface area contributed by atoms with Gasteiger partial charge < -0.3 is 35.9 Å². The quantitative estimate of drug-likeness (QED) is 0.477. The van der Waals surface area contributed by atoms with E-state index < -0.39 is 12.1 Å². The fourth-order valence-electron chi connectivity index (χ4n) is 1.99. The van der Waals surface area contributed by atoms with Crippen LogP contribution in [0.5, 0.6) is 0 Å². The summed E-state index contributed by atoms with van der Waals surface area (Å²) in [7, 11) is 0. The second kappa shape index (κ2) is 20.0. The molecule has 6 atom stereocenters. The predicted molar refractivity (Wildman–Crippen MR) is 89.7 cm³/mol. The summed E-state index contributed by atoms with van der Waals surface area (Å²) < 4.78 is 10.2. The maximum atomic E-state index is 10.4. The van der Waals surface area contributed by atoms with Crippen LogP contribution in [0.2, 0.25) is 0 Å². The molecule has 0 amide bonds. The van der Waals surface area contributed by atoms with Crippen LogP contribution in [-0.2, 0) is 112 Å². The van der Waals surface area contributed by atoms with Crippen LogP contribution < -0.4 is 0 Å². The zero-order valence-corrected chi connectivity index (χ0v) is 25.2. The number of carboxylic acid groups (broad SMARTS) is 1. The van der Waals surface area contributed by atoms with Crippen molar-refractivity contribution in [1.82, 2.24) is 0 Å². The fourth-order valence-corrected chi connectivity index (χ4v) is 1.99. The third-order valence-corrected chi connectivity index (χ3v) is 3.90. The van der Waals surface area contributed by atoms with Gasteiger partial charge in [-0.25, -0.2) is 13.2 Å². The molecule has 0 aromatic heterocycles. The Morgan fingerprint density at radius 2 is 1.16 bits per heavy atom. The minimum absolute atomic E-state index is 0. The molecule has 2 aliphatic heterocycles. The summed E-state index contributed by atoms with van der Waals surface area (Å²) in [5, 5.41) is 8.57. The zero-order valence-electron chi connectivity index (χ0n) is 16.7. The summed E-state index contributed by atoms with van der Waals surface area (Å²) in [4.78, 5) is 10.4. The van der Waals surface area contributed by atoms with Gasteiger partial charge in [0.1, 0.15) is 0 Å². The summed E-state index contributed by atoms with van der Waals surface area (Å²) in [6.45, 7) is 14.0. The molecule has 2 fully saturated rings. The Balaban J connectivity index is -0.0000000899. The standard InChI is InChI=1S/C8H12O3.C8H14O.2CH3.3Y/c1-5-3-7(8(9)10)11-4-6(5)2;1-6-4-8(3)9-5-7(6)2;;;;;/h3-7H,1-2H3,(H,9,10);4-8H,1-3H3;2*1H3;;;/q2*-2;2*-1;;;. The molecule has 6 unspecified atom stereocenters.